The minimum absolute atomic E-state index is 0.0720. The van der Waals surface area contributed by atoms with Crippen LogP contribution in [0, 0.1) is 5.82 Å². The minimum Gasteiger partial charge on any atom is -0.443 e. The molecule has 0 aliphatic carbocycles. The van der Waals surface area contributed by atoms with Crippen LogP contribution in [0.3, 0.4) is 0 Å². The van der Waals surface area contributed by atoms with Crippen LogP contribution in [0.25, 0.3) is 0 Å². The maximum absolute atomic E-state index is 13.4. The molecular formula is C20H19FN4O4. The smallest absolute Gasteiger partial charge is 0.326 e. The van der Waals surface area contributed by atoms with Gasteiger partial charge < -0.3 is 14.3 Å². The third-order valence-electron chi connectivity index (χ3n) is 4.88. The third-order valence-corrected chi connectivity index (χ3v) is 4.88. The van der Waals surface area contributed by atoms with Gasteiger partial charge in [-0.25, -0.2) is 14.2 Å². The maximum atomic E-state index is 13.4. The van der Waals surface area contributed by atoms with Gasteiger partial charge in [0.15, 0.2) is 0 Å². The van der Waals surface area contributed by atoms with Crippen LogP contribution in [0.5, 0.6) is 0 Å². The van der Waals surface area contributed by atoms with Crippen molar-refractivity contribution in [2.24, 2.45) is 0 Å². The van der Waals surface area contributed by atoms with Gasteiger partial charge in [-0.15, -0.1) is 0 Å². The van der Waals surface area contributed by atoms with Crippen LogP contribution < -0.4 is 11.2 Å². The number of H-pyrrole nitrogens is 2. The highest BCUT2D eigenvalue weighted by molar-refractivity contribution is 5.92. The number of aromatic nitrogens is 3. The van der Waals surface area contributed by atoms with Gasteiger partial charge >= 0.3 is 5.69 Å². The largest absolute Gasteiger partial charge is 0.443 e. The Labute approximate surface area is 164 Å². The number of piperidine rings is 1. The zero-order valence-electron chi connectivity index (χ0n) is 15.5. The molecule has 2 aromatic heterocycles. The van der Waals surface area contributed by atoms with Gasteiger partial charge in [0.25, 0.3) is 11.5 Å². The standard InChI is InChI=1S/C20H19FN4O4/c21-13-5-3-4-12(8-13)9-14-11-22-18(29-14)16-6-1-2-7-25(16)19(27)15-10-17(26)24-20(28)23-15/h3-5,8,10-11,16H,1-2,6-7,9H2,(H2,23,24,26,28)/t16-/m0/s1. The number of hydrogen-bond acceptors (Lipinski definition) is 5. The van der Waals surface area contributed by atoms with Crippen molar-refractivity contribution in [3.8, 4) is 0 Å². The number of nitrogens with one attached hydrogen (secondary N) is 2. The molecule has 0 unspecified atom stereocenters. The normalized spacial score (nSPS) is 16.7. The van der Waals surface area contributed by atoms with Gasteiger partial charge in [0.2, 0.25) is 5.89 Å². The number of rotatable bonds is 4. The summed E-state index contributed by atoms with van der Waals surface area (Å²) in [5, 5.41) is 0. The highest BCUT2D eigenvalue weighted by atomic mass is 19.1. The van der Waals surface area contributed by atoms with E-state index in [1.54, 1.807) is 23.2 Å². The van der Waals surface area contributed by atoms with Gasteiger partial charge in [-0.3, -0.25) is 14.6 Å². The molecule has 2 N–H and O–H groups in total. The van der Waals surface area contributed by atoms with Gasteiger partial charge in [-0.05, 0) is 37.0 Å². The van der Waals surface area contributed by atoms with Gasteiger partial charge in [-0.2, -0.15) is 0 Å². The Morgan fingerprint density at radius 1 is 1.24 bits per heavy atom. The molecule has 1 amide bonds. The molecule has 0 spiro atoms. The number of benzene rings is 1. The van der Waals surface area contributed by atoms with Gasteiger partial charge in [0.1, 0.15) is 23.3 Å². The zero-order valence-corrected chi connectivity index (χ0v) is 15.5. The van der Waals surface area contributed by atoms with Crippen LogP contribution in [-0.4, -0.2) is 32.3 Å². The van der Waals surface area contributed by atoms with Gasteiger partial charge in [-0.1, -0.05) is 12.1 Å². The van der Waals surface area contributed by atoms with Crippen LogP contribution in [0.1, 0.15) is 53.0 Å². The first-order chi connectivity index (χ1) is 14.0. The van der Waals surface area contributed by atoms with Gasteiger partial charge in [0.05, 0.1) is 6.20 Å². The quantitative estimate of drug-likeness (QED) is 0.699. The summed E-state index contributed by atoms with van der Waals surface area (Å²) in [5.74, 6) is 0.172. The van der Waals surface area contributed by atoms with Crippen molar-refractivity contribution >= 4 is 5.91 Å². The maximum Gasteiger partial charge on any atom is 0.326 e. The number of hydrogen-bond donors (Lipinski definition) is 2. The molecule has 1 aliphatic rings. The second-order valence-electron chi connectivity index (χ2n) is 6.98. The van der Waals surface area contributed by atoms with E-state index in [1.807, 2.05) is 4.98 Å². The Kier molecular flexibility index (Phi) is 5.11. The molecule has 1 aliphatic heterocycles. The van der Waals surface area contributed by atoms with Crippen molar-refractivity contribution in [2.75, 3.05) is 6.54 Å². The van der Waals surface area contributed by atoms with Crippen molar-refractivity contribution in [3.63, 3.8) is 0 Å². The fourth-order valence-corrected chi connectivity index (χ4v) is 3.58. The van der Waals surface area contributed by atoms with Gasteiger partial charge in [0, 0.05) is 19.0 Å². The Bertz CT molecular complexity index is 1120. The minimum atomic E-state index is -0.733. The molecule has 1 saturated heterocycles. The number of carbonyl (C=O) groups is 1. The number of likely N-dealkylation sites (tertiary alicyclic amines) is 1. The second kappa shape index (κ2) is 7.86. The molecule has 0 bridgehead atoms. The lowest BCUT2D eigenvalue weighted by Gasteiger charge is -2.33. The summed E-state index contributed by atoms with van der Waals surface area (Å²) in [7, 11) is 0. The number of nitrogens with zero attached hydrogens (tertiary/aromatic N) is 2. The summed E-state index contributed by atoms with van der Waals surface area (Å²) in [5.41, 5.74) is -0.690. The van der Waals surface area contributed by atoms with Crippen molar-refractivity contribution in [3.05, 3.63) is 86.1 Å². The Hall–Kier alpha value is -3.49. The van der Waals surface area contributed by atoms with E-state index in [4.69, 9.17) is 4.42 Å². The predicted molar refractivity (Wildman–Crippen MR) is 101 cm³/mol. The molecule has 9 heteroatoms. The van der Waals surface area contributed by atoms with E-state index < -0.39 is 23.2 Å². The molecule has 1 fully saturated rings. The molecule has 0 saturated carbocycles. The summed E-state index contributed by atoms with van der Waals surface area (Å²) in [6.07, 6.45) is 4.30. The average molecular weight is 398 g/mol. The molecule has 1 atom stereocenters. The monoisotopic (exact) mass is 398 g/mol. The summed E-state index contributed by atoms with van der Waals surface area (Å²) < 4.78 is 19.2. The first-order valence-electron chi connectivity index (χ1n) is 9.33. The summed E-state index contributed by atoms with van der Waals surface area (Å²) in [6, 6.07) is 6.90. The number of amides is 1. The highest BCUT2D eigenvalue weighted by Crippen LogP contribution is 2.31. The average Bonchev–Trinajstić information content (AvgIpc) is 3.15. The SMILES string of the molecule is O=C(c1cc(=O)[nH]c(=O)[nH]1)N1CCCC[C@H]1c1ncc(Cc2cccc(F)c2)o1. The molecule has 8 nitrogen and oxygen atoms in total. The molecule has 1 aromatic carbocycles. The molecule has 150 valence electrons. The molecular weight excluding hydrogens is 379 g/mol. The molecule has 4 rings (SSSR count). The topological polar surface area (TPSA) is 112 Å². The molecule has 3 heterocycles. The van der Waals surface area contributed by atoms with Crippen LogP contribution in [0.15, 0.2) is 50.5 Å². The summed E-state index contributed by atoms with van der Waals surface area (Å²) >= 11 is 0. The number of carbonyl (C=O) groups excluding carboxylic acids is 1. The zero-order chi connectivity index (χ0) is 20.4. The summed E-state index contributed by atoms with van der Waals surface area (Å²) in [6.45, 7) is 0.458. The number of halogens is 1. The predicted octanol–water partition coefficient (Wildman–Crippen LogP) is 2.15. The lowest BCUT2D eigenvalue weighted by molar-refractivity contribution is 0.0563. The van der Waals surface area contributed by atoms with E-state index in [2.05, 4.69) is 9.97 Å². The van der Waals surface area contributed by atoms with Crippen LogP contribution in [-0.2, 0) is 6.42 Å². The van der Waals surface area contributed by atoms with Crippen molar-refractivity contribution < 1.29 is 13.6 Å². The van der Waals surface area contributed by atoms with Crippen LogP contribution in [0.2, 0.25) is 0 Å². The van der Waals surface area contributed by atoms with E-state index in [1.165, 1.54) is 12.1 Å². The lowest BCUT2D eigenvalue weighted by Crippen LogP contribution is -2.40. The van der Waals surface area contributed by atoms with E-state index in [0.29, 0.717) is 31.0 Å². The van der Waals surface area contributed by atoms with Crippen molar-refractivity contribution in [2.45, 2.75) is 31.7 Å². The molecule has 29 heavy (non-hydrogen) atoms. The van der Waals surface area contributed by atoms with E-state index in [-0.39, 0.29) is 11.5 Å². The Morgan fingerprint density at radius 2 is 2.10 bits per heavy atom. The van der Waals surface area contributed by atoms with E-state index in [0.717, 1.165) is 24.5 Å². The molecule has 0 radical (unpaired) electrons. The number of aromatic amines is 2. The molecule has 3 aromatic rings. The second-order valence-corrected chi connectivity index (χ2v) is 6.98. The highest BCUT2D eigenvalue weighted by Gasteiger charge is 2.32. The first-order valence-corrected chi connectivity index (χ1v) is 9.33. The Morgan fingerprint density at radius 3 is 2.90 bits per heavy atom. The van der Waals surface area contributed by atoms with Crippen LogP contribution in [0.4, 0.5) is 4.39 Å². The Balaban J connectivity index is 1.58. The van der Waals surface area contributed by atoms with E-state index in [9.17, 15) is 18.8 Å². The first kappa shape index (κ1) is 18.9. The summed E-state index contributed by atoms with van der Waals surface area (Å²) in [4.78, 5) is 46.3. The van der Waals surface area contributed by atoms with Crippen molar-refractivity contribution in [1.82, 2.24) is 19.9 Å². The number of oxazole rings is 1. The van der Waals surface area contributed by atoms with Crippen molar-refractivity contribution in [1.29, 1.82) is 0 Å². The van der Waals surface area contributed by atoms with E-state index >= 15 is 0 Å². The lowest BCUT2D eigenvalue weighted by atomic mass is 10.0. The fourth-order valence-electron chi connectivity index (χ4n) is 3.58. The van der Waals surface area contributed by atoms with Crippen LogP contribution >= 0.6 is 0 Å². The third kappa shape index (κ3) is 4.18. The fraction of sp³-hybridized carbons (Fsp3) is 0.300.